The molecule has 2 heterocycles. The average molecular weight is 396 g/mol. The number of hydrogen-bond acceptors (Lipinski definition) is 6. The summed E-state index contributed by atoms with van der Waals surface area (Å²) >= 11 is 0. The Morgan fingerprint density at radius 3 is 2.66 bits per heavy atom. The first kappa shape index (κ1) is 19.7. The highest BCUT2D eigenvalue weighted by Gasteiger charge is 2.37. The van der Waals surface area contributed by atoms with E-state index in [0.29, 0.717) is 6.54 Å². The zero-order valence-corrected chi connectivity index (χ0v) is 17.0. The molecule has 0 saturated carbocycles. The van der Waals surface area contributed by atoms with Gasteiger partial charge in [0.25, 0.3) is 0 Å². The average Bonchev–Trinajstić information content (AvgIpc) is 3.34. The minimum absolute atomic E-state index is 0.00368. The smallest absolute Gasteiger partial charge is 0.238 e. The number of likely N-dealkylation sites (N-methyl/N-ethyl adjacent to an activating group) is 1. The summed E-state index contributed by atoms with van der Waals surface area (Å²) < 4.78 is 10.9. The van der Waals surface area contributed by atoms with Gasteiger partial charge in [-0.3, -0.25) is 4.79 Å². The first-order valence-corrected chi connectivity index (χ1v) is 9.94. The van der Waals surface area contributed by atoms with Crippen LogP contribution in [0.2, 0.25) is 0 Å². The number of benzene rings is 2. The van der Waals surface area contributed by atoms with Crippen LogP contribution in [-0.4, -0.2) is 44.3 Å². The van der Waals surface area contributed by atoms with Gasteiger partial charge in [0.05, 0.1) is 12.1 Å². The third-order valence-corrected chi connectivity index (χ3v) is 5.76. The number of carbonyl (C=O) groups is 1. The number of carbonyl (C=O) groups excluding carboxylic acids is 1. The largest absolute Gasteiger partial charge is 0.454 e. The summed E-state index contributed by atoms with van der Waals surface area (Å²) in [6.45, 7) is 2.85. The van der Waals surface area contributed by atoms with Crippen LogP contribution >= 0.6 is 0 Å². The molecule has 0 spiro atoms. The monoisotopic (exact) mass is 396 g/mol. The molecule has 4 unspecified atom stereocenters. The summed E-state index contributed by atoms with van der Waals surface area (Å²) in [5, 5.41) is 3.12. The van der Waals surface area contributed by atoms with Gasteiger partial charge >= 0.3 is 0 Å². The third kappa shape index (κ3) is 4.07. The van der Waals surface area contributed by atoms with E-state index in [1.165, 1.54) is 5.56 Å². The SMILES string of the molecule is CC1C(C(=O)NCC(c2ccc3c(c2)OCO3)N(C)C)NNC1c1ccccc1. The standard InChI is InChI=1S/C22H28N4O3/c1-14-20(15-7-5-4-6-8-15)24-25-21(14)22(27)23-12-17(26(2)3)16-9-10-18-19(11-16)29-13-28-18/h4-11,14,17,20-21,24-25H,12-13H2,1-3H3,(H,23,27). The van der Waals surface area contributed by atoms with E-state index in [0.717, 1.165) is 17.1 Å². The van der Waals surface area contributed by atoms with Crippen molar-refractivity contribution in [1.29, 1.82) is 0 Å². The second kappa shape index (κ2) is 8.41. The minimum Gasteiger partial charge on any atom is -0.454 e. The Kier molecular flexibility index (Phi) is 5.71. The summed E-state index contributed by atoms with van der Waals surface area (Å²) in [5.74, 6) is 1.63. The van der Waals surface area contributed by atoms with E-state index in [9.17, 15) is 4.79 Å². The molecule has 1 fully saturated rings. The van der Waals surface area contributed by atoms with E-state index >= 15 is 0 Å². The molecule has 0 aliphatic carbocycles. The first-order chi connectivity index (χ1) is 14.0. The molecule has 1 amide bonds. The second-order valence-corrected chi connectivity index (χ2v) is 7.85. The normalized spacial score (nSPS) is 23.9. The highest BCUT2D eigenvalue weighted by atomic mass is 16.7. The zero-order valence-electron chi connectivity index (χ0n) is 17.0. The maximum atomic E-state index is 12.9. The molecular formula is C22H28N4O3. The summed E-state index contributed by atoms with van der Waals surface area (Å²) in [6, 6.07) is 16.0. The van der Waals surface area contributed by atoms with E-state index in [-0.39, 0.29) is 36.7 Å². The molecule has 1 saturated heterocycles. The Labute approximate surface area is 171 Å². The predicted octanol–water partition coefficient (Wildman–Crippen LogP) is 1.99. The lowest BCUT2D eigenvalue weighted by molar-refractivity contribution is -0.123. The van der Waals surface area contributed by atoms with E-state index in [4.69, 9.17) is 9.47 Å². The lowest BCUT2D eigenvalue weighted by Gasteiger charge is -2.26. The Morgan fingerprint density at radius 1 is 1.14 bits per heavy atom. The lowest BCUT2D eigenvalue weighted by Crippen LogP contribution is -2.47. The van der Waals surface area contributed by atoms with Crippen LogP contribution in [0.1, 0.15) is 30.1 Å². The van der Waals surface area contributed by atoms with Gasteiger partial charge < -0.3 is 19.7 Å². The molecular weight excluding hydrogens is 368 g/mol. The molecule has 0 bridgehead atoms. The van der Waals surface area contributed by atoms with Crippen molar-refractivity contribution in [3.8, 4) is 11.5 Å². The highest BCUT2D eigenvalue weighted by Crippen LogP contribution is 2.35. The van der Waals surface area contributed by atoms with Crippen molar-refractivity contribution >= 4 is 5.91 Å². The van der Waals surface area contributed by atoms with Crippen molar-refractivity contribution in [1.82, 2.24) is 21.1 Å². The van der Waals surface area contributed by atoms with Crippen molar-refractivity contribution in [3.05, 3.63) is 59.7 Å². The molecule has 0 radical (unpaired) electrons. The van der Waals surface area contributed by atoms with Gasteiger partial charge in [-0.1, -0.05) is 43.3 Å². The van der Waals surface area contributed by atoms with Crippen LogP contribution in [0.4, 0.5) is 0 Å². The molecule has 7 nitrogen and oxygen atoms in total. The van der Waals surface area contributed by atoms with Crippen LogP contribution in [0.25, 0.3) is 0 Å². The van der Waals surface area contributed by atoms with E-state index < -0.39 is 0 Å². The van der Waals surface area contributed by atoms with Gasteiger partial charge in [0.2, 0.25) is 12.7 Å². The van der Waals surface area contributed by atoms with Crippen LogP contribution in [0.15, 0.2) is 48.5 Å². The first-order valence-electron chi connectivity index (χ1n) is 9.94. The molecule has 2 aromatic carbocycles. The van der Waals surface area contributed by atoms with Gasteiger partial charge in [-0.15, -0.1) is 0 Å². The highest BCUT2D eigenvalue weighted by molar-refractivity contribution is 5.82. The molecule has 3 N–H and O–H groups in total. The van der Waals surface area contributed by atoms with Crippen LogP contribution in [0.3, 0.4) is 0 Å². The van der Waals surface area contributed by atoms with Gasteiger partial charge in [-0.25, -0.2) is 10.9 Å². The fourth-order valence-corrected chi connectivity index (χ4v) is 4.01. The molecule has 154 valence electrons. The Hall–Kier alpha value is -2.61. The van der Waals surface area contributed by atoms with E-state index in [2.05, 4.69) is 40.1 Å². The number of hydrogen-bond donors (Lipinski definition) is 3. The number of amides is 1. The summed E-state index contributed by atoms with van der Waals surface area (Å²) in [4.78, 5) is 15.0. The molecule has 2 aliphatic rings. The van der Waals surface area contributed by atoms with E-state index in [1.54, 1.807) is 0 Å². The summed E-state index contributed by atoms with van der Waals surface area (Å²) in [7, 11) is 4.01. The third-order valence-electron chi connectivity index (χ3n) is 5.76. The van der Waals surface area contributed by atoms with Gasteiger partial charge in [0.15, 0.2) is 11.5 Å². The number of nitrogens with one attached hydrogen (secondary N) is 3. The van der Waals surface area contributed by atoms with Crippen LogP contribution in [0.5, 0.6) is 11.5 Å². The van der Waals surface area contributed by atoms with Crippen LogP contribution in [0, 0.1) is 5.92 Å². The molecule has 2 aliphatic heterocycles. The molecule has 0 aromatic heterocycles. The van der Waals surface area contributed by atoms with Crippen molar-refractivity contribution in [2.24, 2.45) is 5.92 Å². The van der Waals surface area contributed by atoms with Gasteiger partial charge in [0, 0.05) is 12.5 Å². The Bertz CT molecular complexity index is 858. The summed E-state index contributed by atoms with van der Waals surface area (Å²) in [5.41, 5.74) is 8.69. The van der Waals surface area contributed by atoms with Crippen LogP contribution in [-0.2, 0) is 4.79 Å². The predicted molar refractivity (Wildman–Crippen MR) is 110 cm³/mol. The number of ether oxygens (including phenoxy) is 2. The van der Waals surface area contributed by atoms with Crippen molar-refractivity contribution in [3.63, 3.8) is 0 Å². The summed E-state index contributed by atoms with van der Waals surface area (Å²) in [6.07, 6.45) is 0. The number of fused-ring (bicyclic) bond motifs is 1. The second-order valence-electron chi connectivity index (χ2n) is 7.85. The van der Waals surface area contributed by atoms with Gasteiger partial charge in [-0.2, -0.15) is 0 Å². The Morgan fingerprint density at radius 2 is 1.90 bits per heavy atom. The molecule has 29 heavy (non-hydrogen) atoms. The number of nitrogens with zero attached hydrogens (tertiary/aromatic N) is 1. The van der Waals surface area contributed by atoms with E-state index in [1.807, 2.05) is 50.5 Å². The number of hydrazine groups is 1. The fourth-order valence-electron chi connectivity index (χ4n) is 4.01. The van der Waals surface area contributed by atoms with Crippen molar-refractivity contribution < 1.29 is 14.3 Å². The van der Waals surface area contributed by atoms with Gasteiger partial charge in [0.1, 0.15) is 6.04 Å². The molecule has 4 rings (SSSR count). The molecule has 2 aromatic rings. The maximum Gasteiger partial charge on any atom is 0.238 e. The van der Waals surface area contributed by atoms with Crippen LogP contribution < -0.4 is 25.6 Å². The maximum absolute atomic E-state index is 12.9. The van der Waals surface area contributed by atoms with Gasteiger partial charge in [-0.05, 0) is 37.4 Å². The topological polar surface area (TPSA) is 74.9 Å². The van der Waals surface area contributed by atoms with Crippen molar-refractivity contribution in [2.75, 3.05) is 27.4 Å². The fraction of sp³-hybridized carbons (Fsp3) is 0.409. The number of rotatable bonds is 6. The minimum atomic E-state index is -0.292. The zero-order chi connectivity index (χ0) is 20.4. The molecule has 4 atom stereocenters. The quantitative estimate of drug-likeness (QED) is 0.694. The van der Waals surface area contributed by atoms with Crippen molar-refractivity contribution in [2.45, 2.75) is 25.0 Å². The Balaban J connectivity index is 1.40. The lowest BCUT2D eigenvalue weighted by atomic mass is 9.91. The molecule has 7 heteroatoms.